The SMILES string of the molecule is N=C(N)c1ccc2c(c1)ncn2O. The lowest BCUT2D eigenvalue weighted by Gasteiger charge is -1.97. The molecule has 2 rings (SSSR count). The summed E-state index contributed by atoms with van der Waals surface area (Å²) in [6, 6.07) is 4.99. The van der Waals surface area contributed by atoms with Gasteiger partial charge in [0.25, 0.3) is 0 Å². The first-order valence-electron chi connectivity index (χ1n) is 3.69. The van der Waals surface area contributed by atoms with Crippen molar-refractivity contribution in [3.8, 4) is 0 Å². The van der Waals surface area contributed by atoms with Crippen LogP contribution in [0.2, 0.25) is 0 Å². The second-order valence-corrected chi connectivity index (χ2v) is 2.71. The van der Waals surface area contributed by atoms with Gasteiger partial charge >= 0.3 is 0 Å². The number of nitrogens with zero attached hydrogens (tertiary/aromatic N) is 2. The van der Waals surface area contributed by atoms with E-state index in [-0.39, 0.29) is 5.84 Å². The van der Waals surface area contributed by atoms with Crippen LogP contribution in [0.4, 0.5) is 0 Å². The summed E-state index contributed by atoms with van der Waals surface area (Å²) < 4.78 is 0.930. The molecule has 0 saturated heterocycles. The molecule has 0 radical (unpaired) electrons. The number of nitrogens with one attached hydrogen (secondary N) is 1. The zero-order valence-corrected chi connectivity index (χ0v) is 6.73. The van der Waals surface area contributed by atoms with Crippen LogP contribution < -0.4 is 5.73 Å². The summed E-state index contributed by atoms with van der Waals surface area (Å²) in [6.07, 6.45) is 1.30. The van der Waals surface area contributed by atoms with Crippen molar-refractivity contribution in [3.05, 3.63) is 30.1 Å². The normalized spacial score (nSPS) is 10.5. The van der Waals surface area contributed by atoms with Gasteiger partial charge in [0.1, 0.15) is 17.7 Å². The number of rotatable bonds is 1. The Balaban J connectivity index is 2.70. The van der Waals surface area contributed by atoms with Crippen LogP contribution in [-0.2, 0) is 0 Å². The zero-order chi connectivity index (χ0) is 9.42. The van der Waals surface area contributed by atoms with E-state index in [9.17, 15) is 5.21 Å². The highest BCUT2D eigenvalue weighted by molar-refractivity contribution is 5.97. The van der Waals surface area contributed by atoms with Crippen LogP contribution in [0.25, 0.3) is 11.0 Å². The fourth-order valence-electron chi connectivity index (χ4n) is 1.17. The molecule has 0 amide bonds. The van der Waals surface area contributed by atoms with Crippen LogP contribution in [0.3, 0.4) is 0 Å². The maximum absolute atomic E-state index is 9.21. The molecule has 66 valence electrons. The zero-order valence-electron chi connectivity index (χ0n) is 6.73. The first-order chi connectivity index (χ1) is 6.18. The van der Waals surface area contributed by atoms with Crippen molar-refractivity contribution in [3.63, 3.8) is 0 Å². The van der Waals surface area contributed by atoms with Crippen molar-refractivity contribution in [1.82, 2.24) is 9.71 Å². The predicted octanol–water partition coefficient (Wildman–Crippen LogP) is 0.558. The Labute approximate surface area is 73.9 Å². The third-order valence-corrected chi connectivity index (χ3v) is 1.84. The molecular weight excluding hydrogens is 168 g/mol. The number of benzene rings is 1. The highest BCUT2D eigenvalue weighted by Gasteiger charge is 2.03. The minimum atomic E-state index is -0.00519. The lowest BCUT2D eigenvalue weighted by Crippen LogP contribution is -2.10. The molecule has 0 spiro atoms. The van der Waals surface area contributed by atoms with Gasteiger partial charge < -0.3 is 10.9 Å². The van der Waals surface area contributed by atoms with Crippen LogP contribution in [0.15, 0.2) is 24.5 Å². The third-order valence-electron chi connectivity index (χ3n) is 1.84. The van der Waals surface area contributed by atoms with Gasteiger partial charge in [-0.1, -0.05) is 0 Å². The Morgan fingerprint density at radius 1 is 1.54 bits per heavy atom. The lowest BCUT2D eigenvalue weighted by atomic mass is 10.2. The molecule has 0 fully saturated rings. The molecular formula is C8H8N4O. The monoisotopic (exact) mass is 176 g/mol. The summed E-state index contributed by atoms with van der Waals surface area (Å²) in [5, 5.41) is 16.4. The van der Waals surface area contributed by atoms with Gasteiger partial charge in [-0.3, -0.25) is 5.41 Å². The third kappa shape index (κ3) is 1.10. The highest BCUT2D eigenvalue weighted by Crippen LogP contribution is 2.12. The molecule has 2 aromatic rings. The van der Waals surface area contributed by atoms with Gasteiger partial charge in [0.2, 0.25) is 0 Å². The number of amidine groups is 1. The molecule has 0 aliphatic rings. The summed E-state index contributed by atoms with van der Waals surface area (Å²) in [5.41, 5.74) is 7.12. The summed E-state index contributed by atoms with van der Waals surface area (Å²) >= 11 is 0. The van der Waals surface area contributed by atoms with E-state index in [0.717, 1.165) is 4.73 Å². The van der Waals surface area contributed by atoms with Gasteiger partial charge in [-0.2, -0.15) is 4.73 Å². The maximum atomic E-state index is 9.21. The minimum Gasteiger partial charge on any atom is -0.427 e. The molecule has 1 aromatic heterocycles. The van der Waals surface area contributed by atoms with Gasteiger partial charge in [0, 0.05) is 5.56 Å². The highest BCUT2D eigenvalue weighted by atomic mass is 16.5. The van der Waals surface area contributed by atoms with E-state index in [1.165, 1.54) is 6.33 Å². The second kappa shape index (κ2) is 2.48. The van der Waals surface area contributed by atoms with E-state index in [1.807, 2.05) is 0 Å². The van der Waals surface area contributed by atoms with Crippen LogP contribution in [0, 0.1) is 5.41 Å². The molecule has 1 heterocycles. The number of hydrogen-bond donors (Lipinski definition) is 3. The van der Waals surface area contributed by atoms with Gasteiger partial charge in [-0.25, -0.2) is 4.98 Å². The van der Waals surface area contributed by atoms with Crippen LogP contribution in [-0.4, -0.2) is 20.8 Å². The summed E-state index contributed by atoms with van der Waals surface area (Å²) in [4.78, 5) is 3.92. The average Bonchev–Trinajstić information content (AvgIpc) is 2.47. The first kappa shape index (κ1) is 7.60. The second-order valence-electron chi connectivity index (χ2n) is 2.71. The first-order valence-corrected chi connectivity index (χ1v) is 3.69. The standard InChI is InChI=1S/C8H8N4O/c9-8(10)5-1-2-7-6(3-5)11-4-12(7)13/h1-4,13H,(H3,9,10). The van der Waals surface area contributed by atoms with E-state index in [2.05, 4.69) is 4.98 Å². The van der Waals surface area contributed by atoms with Crippen molar-refractivity contribution in [2.45, 2.75) is 0 Å². The fraction of sp³-hybridized carbons (Fsp3) is 0. The van der Waals surface area contributed by atoms with E-state index in [4.69, 9.17) is 11.1 Å². The summed E-state index contributed by atoms with van der Waals surface area (Å²) in [5.74, 6) is -0.00519. The number of nitrogen functional groups attached to an aromatic ring is 1. The van der Waals surface area contributed by atoms with E-state index in [1.54, 1.807) is 18.2 Å². The minimum absolute atomic E-state index is 0.00519. The topological polar surface area (TPSA) is 87.9 Å². The van der Waals surface area contributed by atoms with Crippen molar-refractivity contribution in [1.29, 1.82) is 5.41 Å². The molecule has 5 nitrogen and oxygen atoms in total. The Kier molecular flexibility index (Phi) is 1.45. The average molecular weight is 176 g/mol. The van der Waals surface area contributed by atoms with Crippen molar-refractivity contribution < 1.29 is 5.21 Å². The number of aromatic nitrogens is 2. The Morgan fingerprint density at radius 2 is 2.31 bits per heavy atom. The van der Waals surface area contributed by atoms with E-state index >= 15 is 0 Å². The van der Waals surface area contributed by atoms with E-state index < -0.39 is 0 Å². The Hall–Kier alpha value is -2.04. The van der Waals surface area contributed by atoms with Crippen molar-refractivity contribution in [2.24, 2.45) is 5.73 Å². The van der Waals surface area contributed by atoms with Crippen LogP contribution in [0.1, 0.15) is 5.56 Å². The van der Waals surface area contributed by atoms with Crippen LogP contribution >= 0.6 is 0 Å². The molecule has 0 atom stereocenters. The van der Waals surface area contributed by atoms with Crippen molar-refractivity contribution >= 4 is 16.9 Å². The number of hydrogen-bond acceptors (Lipinski definition) is 3. The smallest absolute Gasteiger partial charge is 0.133 e. The van der Waals surface area contributed by atoms with Crippen molar-refractivity contribution in [2.75, 3.05) is 0 Å². The summed E-state index contributed by atoms with van der Waals surface area (Å²) in [6.45, 7) is 0. The van der Waals surface area contributed by atoms with Gasteiger partial charge in [-0.05, 0) is 18.2 Å². The molecule has 0 aliphatic carbocycles. The molecule has 5 heteroatoms. The molecule has 0 unspecified atom stereocenters. The molecule has 0 bridgehead atoms. The number of nitrogens with two attached hydrogens (primary N) is 1. The quantitative estimate of drug-likeness (QED) is 0.337. The Morgan fingerprint density at radius 3 is 3.00 bits per heavy atom. The maximum Gasteiger partial charge on any atom is 0.133 e. The van der Waals surface area contributed by atoms with Gasteiger partial charge in [-0.15, -0.1) is 0 Å². The van der Waals surface area contributed by atoms with Gasteiger partial charge in [0.15, 0.2) is 0 Å². The Bertz CT molecular complexity index is 474. The fourth-order valence-corrected chi connectivity index (χ4v) is 1.17. The molecule has 13 heavy (non-hydrogen) atoms. The largest absolute Gasteiger partial charge is 0.427 e. The lowest BCUT2D eigenvalue weighted by molar-refractivity contribution is 0.198. The predicted molar refractivity (Wildman–Crippen MR) is 47.9 cm³/mol. The summed E-state index contributed by atoms with van der Waals surface area (Å²) in [7, 11) is 0. The number of fused-ring (bicyclic) bond motifs is 1. The molecule has 0 saturated carbocycles. The van der Waals surface area contributed by atoms with Crippen LogP contribution in [0.5, 0.6) is 0 Å². The molecule has 1 aromatic carbocycles. The van der Waals surface area contributed by atoms with Gasteiger partial charge in [0.05, 0.1) is 5.52 Å². The number of imidazole rings is 1. The molecule has 0 aliphatic heterocycles. The van der Waals surface area contributed by atoms with E-state index in [0.29, 0.717) is 16.6 Å². The molecule has 4 N–H and O–H groups in total.